The lowest BCUT2D eigenvalue weighted by Crippen LogP contribution is -2.20. The van der Waals surface area contributed by atoms with Crippen molar-refractivity contribution in [1.82, 2.24) is 4.57 Å². The Morgan fingerprint density at radius 2 is 1.95 bits per heavy atom. The number of fused-ring (bicyclic) bond motifs is 1. The molecule has 2 rings (SSSR count). The Hall–Kier alpha value is -2.24. The molecule has 0 radical (unpaired) electrons. The first-order valence-electron chi connectivity index (χ1n) is 6.22. The standard InChI is InChI=1S/C14H13F2NO3/c1-2-3-6-17-10(14(19)20)7-11(18)12-8(15)4-5-9(16)13(12)17/h4-5,7H,2-3,6H2,1H3,(H,19,20). The first-order valence-corrected chi connectivity index (χ1v) is 6.22. The van der Waals surface area contributed by atoms with Gasteiger partial charge < -0.3 is 9.67 Å². The Labute approximate surface area is 113 Å². The first-order chi connectivity index (χ1) is 9.47. The molecule has 2 aromatic rings. The van der Waals surface area contributed by atoms with Gasteiger partial charge in [-0.2, -0.15) is 0 Å². The van der Waals surface area contributed by atoms with E-state index in [1.807, 2.05) is 6.92 Å². The van der Waals surface area contributed by atoms with Gasteiger partial charge in [0.15, 0.2) is 5.43 Å². The molecular weight excluding hydrogens is 268 g/mol. The van der Waals surface area contributed by atoms with E-state index in [0.29, 0.717) is 6.42 Å². The lowest BCUT2D eigenvalue weighted by atomic mass is 10.1. The maximum atomic E-state index is 14.0. The molecule has 0 spiro atoms. The van der Waals surface area contributed by atoms with Gasteiger partial charge in [0.1, 0.15) is 17.3 Å². The van der Waals surface area contributed by atoms with Gasteiger partial charge in [-0.05, 0) is 18.6 Å². The van der Waals surface area contributed by atoms with Crippen LogP contribution in [-0.2, 0) is 6.54 Å². The van der Waals surface area contributed by atoms with Crippen LogP contribution in [0.2, 0.25) is 0 Å². The number of benzene rings is 1. The summed E-state index contributed by atoms with van der Waals surface area (Å²) in [6, 6.07) is 2.59. The zero-order valence-electron chi connectivity index (χ0n) is 10.8. The molecule has 0 amide bonds. The fourth-order valence-corrected chi connectivity index (χ4v) is 2.16. The third-order valence-electron chi connectivity index (χ3n) is 3.11. The monoisotopic (exact) mass is 281 g/mol. The average molecular weight is 281 g/mol. The van der Waals surface area contributed by atoms with Gasteiger partial charge in [0.2, 0.25) is 0 Å². The minimum atomic E-state index is -1.34. The molecule has 1 heterocycles. The van der Waals surface area contributed by atoms with E-state index < -0.39 is 28.4 Å². The summed E-state index contributed by atoms with van der Waals surface area (Å²) in [5.74, 6) is -3.00. The first kappa shape index (κ1) is 14.2. The molecule has 0 bridgehead atoms. The number of carboxylic acids is 1. The highest BCUT2D eigenvalue weighted by atomic mass is 19.1. The smallest absolute Gasteiger partial charge is 0.352 e. The topological polar surface area (TPSA) is 59.3 Å². The highest BCUT2D eigenvalue weighted by Gasteiger charge is 2.19. The summed E-state index contributed by atoms with van der Waals surface area (Å²) >= 11 is 0. The van der Waals surface area contributed by atoms with Crippen LogP contribution in [0.15, 0.2) is 23.0 Å². The summed E-state index contributed by atoms with van der Waals surface area (Å²) in [5.41, 5.74) is -1.45. The fraction of sp³-hybridized carbons (Fsp3) is 0.286. The molecule has 0 aliphatic heterocycles. The SMILES string of the molecule is CCCCn1c(C(=O)O)cc(=O)c2c(F)ccc(F)c21. The second-order valence-corrected chi connectivity index (χ2v) is 4.46. The molecule has 0 saturated carbocycles. The number of carbonyl (C=O) groups is 1. The van der Waals surface area contributed by atoms with Crippen molar-refractivity contribution in [2.45, 2.75) is 26.3 Å². The average Bonchev–Trinajstić information content (AvgIpc) is 2.40. The Kier molecular flexibility index (Phi) is 3.83. The summed E-state index contributed by atoms with van der Waals surface area (Å²) in [6.45, 7) is 2.09. The molecule has 106 valence electrons. The molecule has 0 atom stereocenters. The number of aryl methyl sites for hydroxylation is 1. The number of nitrogens with zero attached hydrogens (tertiary/aromatic N) is 1. The number of unbranched alkanes of at least 4 members (excludes halogenated alkanes) is 1. The zero-order valence-corrected chi connectivity index (χ0v) is 10.8. The van der Waals surface area contributed by atoms with E-state index in [2.05, 4.69) is 0 Å². The van der Waals surface area contributed by atoms with Crippen molar-refractivity contribution in [2.24, 2.45) is 0 Å². The van der Waals surface area contributed by atoms with E-state index in [1.54, 1.807) is 0 Å². The van der Waals surface area contributed by atoms with E-state index in [1.165, 1.54) is 0 Å². The Bertz CT molecular complexity index is 737. The molecule has 0 saturated heterocycles. The van der Waals surface area contributed by atoms with E-state index in [0.717, 1.165) is 29.2 Å². The molecule has 4 nitrogen and oxygen atoms in total. The molecule has 1 aromatic heterocycles. The van der Waals surface area contributed by atoms with Crippen molar-refractivity contribution in [3.05, 3.63) is 45.8 Å². The van der Waals surface area contributed by atoms with Crippen molar-refractivity contribution in [2.75, 3.05) is 0 Å². The maximum Gasteiger partial charge on any atom is 0.352 e. The van der Waals surface area contributed by atoms with Crippen LogP contribution in [0.3, 0.4) is 0 Å². The van der Waals surface area contributed by atoms with Crippen molar-refractivity contribution in [3.8, 4) is 0 Å². The summed E-state index contributed by atoms with van der Waals surface area (Å²) in [6.07, 6.45) is 1.35. The minimum absolute atomic E-state index is 0.204. The molecule has 0 aliphatic rings. The molecular formula is C14H13F2NO3. The molecule has 0 unspecified atom stereocenters. The maximum absolute atomic E-state index is 14.0. The third-order valence-corrected chi connectivity index (χ3v) is 3.11. The van der Waals surface area contributed by atoms with Gasteiger partial charge in [-0.15, -0.1) is 0 Å². The predicted molar refractivity (Wildman–Crippen MR) is 70.0 cm³/mol. The summed E-state index contributed by atoms with van der Waals surface area (Å²) in [4.78, 5) is 23.0. The number of pyridine rings is 1. The zero-order chi connectivity index (χ0) is 14.9. The quantitative estimate of drug-likeness (QED) is 0.937. The van der Waals surface area contributed by atoms with E-state index in [4.69, 9.17) is 5.11 Å². The predicted octanol–water partition coefficient (Wildman–Crippen LogP) is 2.78. The van der Waals surface area contributed by atoms with E-state index in [9.17, 15) is 18.4 Å². The number of aromatic nitrogens is 1. The highest BCUT2D eigenvalue weighted by molar-refractivity contribution is 5.90. The Morgan fingerprint density at radius 3 is 2.55 bits per heavy atom. The fourth-order valence-electron chi connectivity index (χ4n) is 2.16. The molecule has 6 heteroatoms. The van der Waals surface area contributed by atoms with Crippen LogP contribution in [-0.4, -0.2) is 15.6 Å². The number of hydrogen-bond acceptors (Lipinski definition) is 2. The Balaban J connectivity index is 2.92. The minimum Gasteiger partial charge on any atom is -0.477 e. The number of halogens is 2. The van der Waals surface area contributed by atoms with Crippen molar-refractivity contribution in [3.63, 3.8) is 0 Å². The van der Waals surface area contributed by atoms with Gasteiger partial charge in [0, 0.05) is 12.6 Å². The summed E-state index contributed by atoms with van der Waals surface area (Å²) < 4.78 is 28.8. The van der Waals surface area contributed by atoms with Crippen LogP contribution >= 0.6 is 0 Å². The van der Waals surface area contributed by atoms with E-state index in [-0.39, 0.29) is 17.8 Å². The van der Waals surface area contributed by atoms with Gasteiger partial charge in [-0.25, -0.2) is 13.6 Å². The number of rotatable bonds is 4. The van der Waals surface area contributed by atoms with Crippen LogP contribution in [0.25, 0.3) is 10.9 Å². The van der Waals surface area contributed by atoms with Gasteiger partial charge >= 0.3 is 5.97 Å². The number of aromatic carboxylic acids is 1. The summed E-state index contributed by atoms with van der Waals surface area (Å²) in [7, 11) is 0. The van der Waals surface area contributed by atoms with Gasteiger partial charge in [0.05, 0.1) is 10.9 Å². The van der Waals surface area contributed by atoms with Crippen molar-refractivity contribution < 1.29 is 18.7 Å². The third kappa shape index (κ3) is 2.29. The number of carboxylic acid groups (broad SMARTS) is 1. The molecule has 0 aliphatic carbocycles. The van der Waals surface area contributed by atoms with Gasteiger partial charge in [0.25, 0.3) is 0 Å². The molecule has 1 N–H and O–H groups in total. The highest BCUT2D eigenvalue weighted by Crippen LogP contribution is 2.20. The lowest BCUT2D eigenvalue weighted by molar-refractivity contribution is 0.0684. The second kappa shape index (κ2) is 5.40. The van der Waals surface area contributed by atoms with Crippen LogP contribution in [0, 0.1) is 11.6 Å². The van der Waals surface area contributed by atoms with Crippen LogP contribution in [0.5, 0.6) is 0 Å². The van der Waals surface area contributed by atoms with E-state index >= 15 is 0 Å². The normalized spacial score (nSPS) is 10.9. The van der Waals surface area contributed by atoms with Crippen LogP contribution < -0.4 is 5.43 Å². The molecule has 0 fully saturated rings. The van der Waals surface area contributed by atoms with Crippen molar-refractivity contribution >= 4 is 16.9 Å². The summed E-state index contributed by atoms with van der Waals surface area (Å²) in [5, 5.41) is 8.72. The lowest BCUT2D eigenvalue weighted by Gasteiger charge is -2.15. The second-order valence-electron chi connectivity index (χ2n) is 4.46. The van der Waals surface area contributed by atoms with Gasteiger partial charge in [-0.1, -0.05) is 13.3 Å². The molecule has 1 aromatic carbocycles. The molecule has 20 heavy (non-hydrogen) atoms. The van der Waals surface area contributed by atoms with Crippen LogP contribution in [0.1, 0.15) is 30.3 Å². The largest absolute Gasteiger partial charge is 0.477 e. The van der Waals surface area contributed by atoms with Crippen molar-refractivity contribution in [1.29, 1.82) is 0 Å². The van der Waals surface area contributed by atoms with Gasteiger partial charge in [-0.3, -0.25) is 4.79 Å². The number of hydrogen-bond donors (Lipinski definition) is 1. The van der Waals surface area contributed by atoms with Crippen LogP contribution in [0.4, 0.5) is 8.78 Å². The Morgan fingerprint density at radius 1 is 1.30 bits per heavy atom.